The van der Waals surface area contributed by atoms with Gasteiger partial charge in [-0.15, -0.1) is 5.10 Å². The third-order valence-corrected chi connectivity index (χ3v) is 11.4. The van der Waals surface area contributed by atoms with Gasteiger partial charge in [0, 0.05) is 5.92 Å². The molecule has 1 heterocycles. The highest BCUT2D eigenvalue weighted by Gasteiger charge is 2.62. The molecule has 6 rings (SSSR count). The molecule has 0 saturated heterocycles. The average Bonchev–Trinajstić information content (AvgIpc) is 3.39. The van der Waals surface area contributed by atoms with Crippen molar-refractivity contribution in [3.63, 3.8) is 0 Å². The number of hydrogen-bond acceptors (Lipinski definition) is 4. The van der Waals surface area contributed by atoms with Crippen molar-refractivity contribution in [1.29, 1.82) is 0 Å². The molecule has 2 aromatic rings. The van der Waals surface area contributed by atoms with E-state index in [9.17, 15) is 9.90 Å². The summed E-state index contributed by atoms with van der Waals surface area (Å²) in [7, 11) is 0. The SMILES string of the molecule is CC[C@]12CC[C@@](C)(O)C[C@@H]1CC[C@H]1[C@@H]3CC[C@H](C(=O)Cn4nnc5ccccc54)[C@@]3(C)CC[C@@H]12. The van der Waals surface area contributed by atoms with Gasteiger partial charge in [-0.05, 0) is 118 Å². The van der Waals surface area contributed by atoms with Gasteiger partial charge in [0.25, 0.3) is 0 Å². The maximum Gasteiger partial charge on any atom is 0.157 e. The van der Waals surface area contributed by atoms with Crippen LogP contribution < -0.4 is 0 Å². The van der Waals surface area contributed by atoms with Crippen LogP contribution in [0.2, 0.25) is 0 Å². The molecule has 5 nitrogen and oxygen atoms in total. The van der Waals surface area contributed by atoms with Gasteiger partial charge in [0.15, 0.2) is 5.78 Å². The van der Waals surface area contributed by atoms with Crippen molar-refractivity contribution in [3.05, 3.63) is 24.3 Å². The van der Waals surface area contributed by atoms with Gasteiger partial charge in [0.05, 0.1) is 11.1 Å². The minimum Gasteiger partial charge on any atom is -0.390 e. The minimum absolute atomic E-state index is 0.122. The van der Waals surface area contributed by atoms with Crippen molar-refractivity contribution in [2.75, 3.05) is 0 Å². The molecule has 4 saturated carbocycles. The maximum atomic E-state index is 13.7. The summed E-state index contributed by atoms with van der Waals surface area (Å²) in [6.45, 7) is 7.26. The Kier molecular flexibility index (Phi) is 5.26. The zero-order valence-electron chi connectivity index (χ0n) is 21.2. The van der Waals surface area contributed by atoms with Crippen LogP contribution in [-0.2, 0) is 11.3 Å². The van der Waals surface area contributed by atoms with Crippen LogP contribution in [0.3, 0.4) is 0 Å². The lowest BCUT2D eigenvalue weighted by Gasteiger charge is -2.63. The number of hydrogen-bond donors (Lipinski definition) is 1. The van der Waals surface area contributed by atoms with E-state index in [1.807, 2.05) is 28.9 Å². The van der Waals surface area contributed by atoms with Crippen LogP contribution in [0.1, 0.15) is 85.0 Å². The molecule has 0 aliphatic heterocycles. The van der Waals surface area contributed by atoms with Crippen molar-refractivity contribution < 1.29 is 9.90 Å². The van der Waals surface area contributed by atoms with Crippen molar-refractivity contribution >= 4 is 16.8 Å². The highest BCUT2D eigenvalue weighted by atomic mass is 16.3. The van der Waals surface area contributed by atoms with E-state index in [1.54, 1.807) is 0 Å². The summed E-state index contributed by atoms with van der Waals surface area (Å²) >= 11 is 0. The fraction of sp³-hybridized carbons (Fsp3) is 0.759. The molecular weight excluding hydrogens is 422 g/mol. The Hall–Kier alpha value is -1.75. The first-order valence-corrected chi connectivity index (χ1v) is 13.8. The highest BCUT2D eigenvalue weighted by molar-refractivity contribution is 5.84. The van der Waals surface area contributed by atoms with Gasteiger partial charge in [-0.2, -0.15) is 0 Å². The molecule has 8 atom stereocenters. The summed E-state index contributed by atoms with van der Waals surface area (Å²) in [5, 5.41) is 19.4. The summed E-state index contributed by atoms with van der Waals surface area (Å²) < 4.78 is 1.81. The Morgan fingerprint density at radius 3 is 2.71 bits per heavy atom. The van der Waals surface area contributed by atoms with Crippen LogP contribution in [-0.4, -0.2) is 31.5 Å². The monoisotopic (exact) mass is 463 g/mol. The second-order valence-electron chi connectivity index (χ2n) is 12.8. The Balaban J connectivity index is 1.23. The van der Waals surface area contributed by atoms with Crippen LogP contribution in [0.15, 0.2) is 24.3 Å². The molecule has 5 heteroatoms. The summed E-state index contributed by atoms with van der Waals surface area (Å²) in [6.07, 6.45) is 11.6. The van der Waals surface area contributed by atoms with Gasteiger partial charge in [-0.3, -0.25) is 4.79 Å². The number of fused-ring (bicyclic) bond motifs is 6. The number of para-hydroxylation sites is 1. The Morgan fingerprint density at radius 2 is 1.88 bits per heavy atom. The van der Waals surface area contributed by atoms with E-state index in [0.29, 0.717) is 29.6 Å². The van der Waals surface area contributed by atoms with Gasteiger partial charge >= 0.3 is 0 Å². The molecule has 0 bridgehead atoms. The summed E-state index contributed by atoms with van der Waals surface area (Å²) in [6, 6.07) is 7.93. The molecule has 184 valence electrons. The summed E-state index contributed by atoms with van der Waals surface area (Å²) in [4.78, 5) is 13.7. The molecule has 0 radical (unpaired) electrons. The fourth-order valence-electron chi connectivity index (χ4n) is 9.77. The topological polar surface area (TPSA) is 68.0 Å². The van der Waals surface area contributed by atoms with Gasteiger partial charge in [0.2, 0.25) is 0 Å². The first kappa shape index (κ1) is 22.7. The Bertz CT molecular complexity index is 1090. The van der Waals surface area contributed by atoms with Gasteiger partial charge in [0.1, 0.15) is 12.1 Å². The van der Waals surface area contributed by atoms with Gasteiger partial charge < -0.3 is 5.11 Å². The number of nitrogens with zero attached hydrogens (tertiary/aromatic N) is 3. The number of aliphatic hydroxyl groups is 1. The van der Waals surface area contributed by atoms with E-state index in [-0.39, 0.29) is 11.3 Å². The first-order valence-electron chi connectivity index (χ1n) is 13.8. The predicted molar refractivity (Wildman–Crippen MR) is 133 cm³/mol. The number of benzene rings is 1. The van der Waals surface area contributed by atoms with Crippen molar-refractivity contribution in [2.45, 2.75) is 97.1 Å². The van der Waals surface area contributed by atoms with Crippen LogP contribution in [0.5, 0.6) is 0 Å². The van der Waals surface area contributed by atoms with Crippen molar-refractivity contribution in [2.24, 2.45) is 40.4 Å². The van der Waals surface area contributed by atoms with E-state index >= 15 is 0 Å². The van der Waals surface area contributed by atoms with E-state index in [0.717, 1.165) is 42.1 Å². The number of rotatable bonds is 4. The number of ketones is 1. The lowest BCUT2D eigenvalue weighted by Crippen LogP contribution is -2.56. The van der Waals surface area contributed by atoms with E-state index in [4.69, 9.17) is 0 Å². The number of carbonyl (C=O) groups excluding carboxylic acids is 1. The van der Waals surface area contributed by atoms with Gasteiger partial charge in [-0.1, -0.05) is 31.2 Å². The molecule has 0 spiro atoms. The summed E-state index contributed by atoms with van der Waals surface area (Å²) in [5.74, 6) is 3.36. The summed E-state index contributed by atoms with van der Waals surface area (Å²) in [5.41, 5.74) is 1.87. The molecule has 34 heavy (non-hydrogen) atoms. The standard InChI is InChI=1S/C29H41N3O2/c1-4-29-16-15-27(2,34)17-19(29)9-10-20-21-11-12-23(28(21,3)14-13-22(20)29)26(33)18-32-25-8-6-5-7-24(25)30-31-32/h5-8,19-23,34H,4,9-18H2,1-3H3/t19-,20-,21-,22-,23+,27+,28-,29-/m0/s1. The molecular formula is C29H41N3O2. The molecule has 4 aliphatic carbocycles. The molecule has 4 aliphatic rings. The Labute approximate surface area is 203 Å². The van der Waals surface area contributed by atoms with Crippen molar-refractivity contribution in [1.82, 2.24) is 15.0 Å². The second-order valence-corrected chi connectivity index (χ2v) is 12.8. The highest BCUT2D eigenvalue weighted by Crippen LogP contribution is 2.69. The number of Topliss-reactive ketones (excluding diaryl/α,β-unsaturated/α-hetero) is 1. The number of aromatic nitrogens is 3. The lowest BCUT2D eigenvalue weighted by molar-refractivity contribution is -0.158. The first-order chi connectivity index (χ1) is 16.3. The van der Waals surface area contributed by atoms with Gasteiger partial charge in [-0.25, -0.2) is 4.68 Å². The van der Waals surface area contributed by atoms with Crippen LogP contribution >= 0.6 is 0 Å². The molecule has 1 aromatic carbocycles. The predicted octanol–water partition coefficient (Wildman–Crippen LogP) is 5.80. The fourth-order valence-corrected chi connectivity index (χ4v) is 9.77. The normalized spacial score (nSPS) is 43.8. The van der Waals surface area contributed by atoms with Crippen molar-refractivity contribution in [3.8, 4) is 0 Å². The Morgan fingerprint density at radius 1 is 1.06 bits per heavy atom. The molecule has 4 fully saturated rings. The third-order valence-electron chi connectivity index (χ3n) is 11.4. The molecule has 1 aromatic heterocycles. The zero-order chi connectivity index (χ0) is 23.7. The largest absolute Gasteiger partial charge is 0.390 e. The van der Waals surface area contributed by atoms with E-state index < -0.39 is 5.60 Å². The zero-order valence-corrected chi connectivity index (χ0v) is 21.2. The van der Waals surface area contributed by atoms with E-state index in [1.165, 1.54) is 44.9 Å². The van der Waals surface area contributed by atoms with E-state index in [2.05, 4.69) is 31.1 Å². The third kappa shape index (κ3) is 3.25. The molecule has 0 amide bonds. The minimum atomic E-state index is -0.476. The molecule has 0 unspecified atom stereocenters. The van der Waals surface area contributed by atoms with Crippen LogP contribution in [0.25, 0.3) is 11.0 Å². The quantitative estimate of drug-likeness (QED) is 0.622. The molecule has 1 N–H and O–H groups in total. The lowest BCUT2D eigenvalue weighted by atomic mass is 9.42. The van der Waals surface area contributed by atoms with Crippen LogP contribution in [0, 0.1) is 40.4 Å². The smallest absolute Gasteiger partial charge is 0.157 e. The second kappa shape index (κ2) is 7.88. The maximum absolute atomic E-state index is 13.7. The number of carbonyl (C=O) groups is 1. The van der Waals surface area contributed by atoms with Crippen LogP contribution in [0.4, 0.5) is 0 Å². The average molecular weight is 464 g/mol.